The fraction of sp³-hybridized carbons (Fsp3) is 0.333. The number of benzene rings is 2. The highest BCUT2D eigenvalue weighted by Gasteiger charge is 2.22. The molecule has 2 heterocycles. The third-order valence-electron chi connectivity index (χ3n) is 5.83. The number of ether oxygens (including phenoxy) is 1. The van der Waals surface area contributed by atoms with E-state index in [1.54, 1.807) is 7.11 Å². The molecule has 0 unspecified atom stereocenters. The van der Waals surface area contributed by atoms with Crippen LogP contribution in [0.5, 0.6) is 5.75 Å². The van der Waals surface area contributed by atoms with Crippen LogP contribution in [-0.4, -0.2) is 58.0 Å². The Labute approximate surface area is 189 Å². The predicted octanol–water partition coefficient (Wildman–Crippen LogP) is 4.01. The number of rotatable bonds is 5. The number of piperazine rings is 1. The Hall–Kier alpha value is -2.90. The summed E-state index contributed by atoms with van der Waals surface area (Å²) < 4.78 is 7.47. The van der Waals surface area contributed by atoms with Gasteiger partial charge in [0.05, 0.1) is 24.2 Å². The molecule has 3 aromatic rings. The Morgan fingerprint density at radius 3 is 2.39 bits per heavy atom. The third-order valence-corrected chi connectivity index (χ3v) is 6.19. The molecule has 0 radical (unpaired) electrons. The number of aromatic nitrogens is 2. The van der Waals surface area contributed by atoms with Crippen LogP contribution < -0.4 is 10.1 Å². The third kappa shape index (κ3) is 4.73. The molecule has 6 nitrogen and oxygen atoms in total. The van der Waals surface area contributed by atoms with E-state index in [1.807, 2.05) is 47.1 Å². The second-order valence-corrected chi connectivity index (χ2v) is 8.18. The molecule has 162 valence electrons. The Morgan fingerprint density at radius 2 is 1.68 bits per heavy atom. The average Bonchev–Trinajstić information content (AvgIpc) is 3.09. The Bertz CT molecular complexity index is 1040. The normalized spacial score (nSPS) is 14.5. The van der Waals surface area contributed by atoms with Crippen LogP contribution in [-0.2, 0) is 6.54 Å². The molecule has 0 spiro atoms. The maximum Gasteiger partial charge on any atom is 0.173 e. The molecule has 0 aliphatic carbocycles. The van der Waals surface area contributed by atoms with Gasteiger partial charge in [0.2, 0.25) is 0 Å². The minimum atomic E-state index is 0.744. The summed E-state index contributed by atoms with van der Waals surface area (Å²) >= 11 is 5.66. The molecule has 2 aromatic carbocycles. The van der Waals surface area contributed by atoms with Crippen molar-refractivity contribution in [2.75, 3.05) is 38.6 Å². The molecular formula is C24H29N5OS. The van der Waals surface area contributed by atoms with Crippen molar-refractivity contribution >= 4 is 23.0 Å². The lowest BCUT2D eigenvalue weighted by molar-refractivity contribution is 0.176. The van der Waals surface area contributed by atoms with Crippen molar-refractivity contribution in [1.29, 1.82) is 0 Å². The van der Waals surface area contributed by atoms with E-state index in [9.17, 15) is 0 Å². The first-order chi connectivity index (χ1) is 15.1. The van der Waals surface area contributed by atoms with Crippen LogP contribution >= 0.6 is 12.2 Å². The quantitative estimate of drug-likeness (QED) is 0.611. The molecule has 0 amide bonds. The van der Waals surface area contributed by atoms with Crippen LogP contribution in [0.1, 0.15) is 17.0 Å². The van der Waals surface area contributed by atoms with E-state index in [1.165, 1.54) is 11.3 Å². The zero-order chi connectivity index (χ0) is 21.8. The second-order valence-electron chi connectivity index (χ2n) is 7.79. The minimum Gasteiger partial charge on any atom is -0.495 e. The van der Waals surface area contributed by atoms with Gasteiger partial charge in [-0.3, -0.25) is 4.90 Å². The summed E-state index contributed by atoms with van der Waals surface area (Å²) in [5.74, 6) is 0.796. The van der Waals surface area contributed by atoms with E-state index < -0.39 is 0 Å². The lowest BCUT2D eigenvalue weighted by Crippen LogP contribution is -2.49. The SMILES string of the molecule is COc1ccccc1NC(=S)N1CCN(Cc2c(C)nn(-c3ccccc3)c2C)CC1. The Balaban J connectivity index is 1.37. The number of hydrogen-bond acceptors (Lipinski definition) is 4. The lowest BCUT2D eigenvalue weighted by atomic mass is 10.1. The standard InChI is InChI=1S/C24H29N5OS/c1-18-21(19(2)29(26-18)20-9-5-4-6-10-20)17-27-13-15-28(16-14-27)24(31)25-22-11-7-8-12-23(22)30-3/h4-12H,13-17H2,1-3H3,(H,25,31). The fourth-order valence-corrected chi connectivity index (χ4v) is 4.29. The average molecular weight is 436 g/mol. The van der Waals surface area contributed by atoms with Gasteiger partial charge in [0.25, 0.3) is 0 Å². The van der Waals surface area contributed by atoms with E-state index in [-0.39, 0.29) is 0 Å². The van der Waals surface area contributed by atoms with Crippen molar-refractivity contribution in [3.63, 3.8) is 0 Å². The molecule has 1 aliphatic rings. The van der Waals surface area contributed by atoms with Gasteiger partial charge in [0.1, 0.15) is 5.75 Å². The summed E-state index contributed by atoms with van der Waals surface area (Å²) in [6, 6.07) is 18.2. The van der Waals surface area contributed by atoms with Crippen LogP contribution in [0, 0.1) is 13.8 Å². The zero-order valence-electron chi connectivity index (χ0n) is 18.3. The number of aryl methyl sites for hydroxylation is 1. The summed E-state index contributed by atoms with van der Waals surface area (Å²) in [6.45, 7) is 8.88. The highest BCUT2D eigenvalue weighted by molar-refractivity contribution is 7.80. The number of nitrogens with zero attached hydrogens (tertiary/aromatic N) is 4. The summed E-state index contributed by atoms with van der Waals surface area (Å²) in [4.78, 5) is 4.71. The van der Waals surface area contributed by atoms with Gasteiger partial charge in [0, 0.05) is 44.0 Å². The summed E-state index contributed by atoms with van der Waals surface area (Å²) in [5, 5.41) is 8.87. The van der Waals surface area contributed by atoms with Gasteiger partial charge in [-0.25, -0.2) is 4.68 Å². The van der Waals surface area contributed by atoms with Crippen molar-refractivity contribution in [1.82, 2.24) is 19.6 Å². The van der Waals surface area contributed by atoms with Crippen LogP contribution in [0.25, 0.3) is 5.69 Å². The molecule has 1 aromatic heterocycles. The van der Waals surface area contributed by atoms with Crippen molar-refractivity contribution in [3.8, 4) is 11.4 Å². The minimum absolute atomic E-state index is 0.744. The summed E-state index contributed by atoms with van der Waals surface area (Å²) in [7, 11) is 1.67. The van der Waals surface area contributed by atoms with Crippen molar-refractivity contribution in [3.05, 3.63) is 71.5 Å². The smallest absolute Gasteiger partial charge is 0.173 e. The van der Waals surface area contributed by atoms with E-state index in [4.69, 9.17) is 22.1 Å². The van der Waals surface area contributed by atoms with Gasteiger partial charge in [-0.05, 0) is 50.3 Å². The second kappa shape index (κ2) is 9.49. The van der Waals surface area contributed by atoms with Gasteiger partial charge in [0.15, 0.2) is 5.11 Å². The molecule has 1 fully saturated rings. The van der Waals surface area contributed by atoms with Crippen molar-refractivity contribution in [2.24, 2.45) is 0 Å². The first-order valence-corrected chi connectivity index (χ1v) is 11.0. The topological polar surface area (TPSA) is 45.6 Å². The van der Waals surface area contributed by atoms with Crippen LogP contribution in [0.2, 0.25) is 0 Å². The molecule has 1 N–H and O–H groups in total. The lowest BCUT2D eigenvalue weighted by Gasteiger charge is -2.36. The van der Waals surface area contributed by atoms with Gasteiger partial charge in [-0.2, -0.15) is 5.10 Å². The first kappa shape index (κ1) is 21.3. The molecule has 31 heavy (non-hydrogen) atoms. The number of hydrogen-bond donors (Lipinski definition) is 1. The fourth-order valence-electron chi connectivity index (χ4n) is 4.00. The molecule has 7 heteroatoms. The summed E-state index contributed by atoms with van der Waals surface area (Å²) in [6.07, 6.45) is 0. The number of anilines is 1. The van der Waals surface area contributed by atoms with Crippen LogP contribution in [0.3, 0.4) is 0 Å². The highest BCUT2D eigenvalue weighted by atomic mass is 32.1. The maximum atomic E-state index is 5.66. The van der Waals surface area contributed by atoms with E-state index in [2.05, 4.69) is 41.1 Å². The van der Waals surface area contributed by atoms with Gasteiger partial charge in [-0.1, -0.05) is 30.3 Å². The zero-order valence-corrected chi connectivity index (χ0v) is 19.2. The van der Waals surface area contributed by atoms with Crippen LogP contribution in [0.15, 0.2) is 54.6 Å². The highest BCUT2D eigenvalue weighted by Crippen LogP contribution is 2.24. The van der Waals surface area contributed by atoms with Crippen LogP contribution in [0.4, 0.5) is 5.69 Å². The Kier molecular flexibility index (Phi) is 6.53. The number of nitrogens with one attached hydrogen (secondary N) is 1. The first-order valence-electron chi connectivity index (χ1n) is 10.6. The number of thiocarbonyl (C=S) groups is 1. The predicted molar refractivity (Wildman–Crippen MR) is 129 cm³/mol. The molecule has 1 saturated heterocycles. The molecule has 0 bridgehead atoms. The van der Waals surface area contributed by atoms with Gasteiger partial charge < -0.3 is 15.0 Å². The monoisotopic (exact) mass is 435 g/mol. The largest absolute Gasteiger partial charge is 0.495 e. The Morgan fingerprint density at radius 1 is 1.00 bits per heavy atom. The molecular weight excluding hydrogens is 406 g/mol. The molecule has 4 rings (SSSR count). The molecule has 0 saturated carbocycles. The van der Waals surface area contributed by atoms with Gasteiger partial charge in [-0.15, -0.1) is 0 Å². The van der Waals surface area contributed by atoms with E-state index >= 15 is 0 Å². The van der Waals surface area contributed by atoms with E-state index in [0.29, 0.717) is 0 Å². The molecule has 0 atom stereocenters. The summed E-state index contributed by atoms with van der Waals surface area (Å²) in [5.41, 5.74) is 5.62. The number of methoxy groups -OCH3 is 1. The van der Waals surface area contributed by atoms with Gasteiger partial charge >= 0.3 is 0 Å². The van der Waals surface area contributed by atoms with Crippen molar-refractivity contribution in [2.45, 2.75) is 20.4 Å². The molecule has 1 aliphatic heterocycles. The number of para-hydroxylation sites is 3. The maximum absolute atomic E-state index is 5.66. The van der Waals surface area contributed by atoms with E-state index in [0.717, 1.165) is 60.7 Å². The van der Waals surface area contributed by atoms with Crippen molar-refractivity contribution < 1.29 is 4.74 Å².